The summed E-state index contributed by atoms with van der Waals surface area (Å²) in [5.74, 6) is -0.232. The van der Waals surface area contributed by atoms with E-state index < -0.39 is 0 Å². The fraction of sp³-hybridized carbons (Fsp3) is 0.455. The molecule has 0 aliphatic rings. The maximum absolute atomic E-state index is 12.9. The molecule has 0 heterocycles. The Kier molecular flexibility index (Phi) is 4.55. The lowest BCUT2D eigenvalue weighted by Gasteiger charge is -2.04. The lowest BCUT2D eigenvalue weighted by molar-refractivity contribution is 0.181. The highest BCUT2D eigenvalue weighted by atomic mass is 79.9. The van der Waals surface area contributed by atoms with Crippen molar-refractivity contribution < 1.29 is 9.50 Å². The Hall–Kier alpha value is -0.410. The first kappa shape index (κ1) is 11.7. The van der Waals surface area contributed by atoms with Gasteiger partial charge in [0.25, 0.3) is 0 Å². The number of aryl methyl sites for hydroxylation is 1. The Balaban J connectivity index is 2.47. The SMILES string of the molecule is CC(O)CCCc1ccc(F)c(Br)c1. The van der Waals surface area contributed by atoms with E-state index in [1.165, 1.54) is 6.07 Å². The van der Waals surface area contributed by atoms with E-state index in [2.05, 4.69) is 15.9 Å². The van der Waals surface area contributed by atoms with Crippen LogP contribution < -0.4 is 0 Å². The van der Waals surface area contributed by atoms with Crippen molar-refractivity contribution >= 4 is 15.9 Å². The lowest BCUT2D eigenvalue weighted by atomic mass is 10.1. The third-order valence-electron chi connectivity index (χ3n) is 2.07. The highest BCUT2D eigenvalue weighted by Gasteiger charge is 2.01. The normalized spacial score (nSPS) is 12.9. The monoisotopic (exact) mass is 260 g/mol. The zero-order chi connectivity index (χ0) is 10.6. The van der Waals surface area contributed by atoms with E-state index in [0.29, 0.717) is 4.47 Å². The highest BCUT2D eigenvalue weighted by molar-refractivity contribution is 9.10. The molecule has 0 amide bonds. The summed E-state index contributed by atoms with van der Waals surface area (Å²) in [4.78, 5) is 0. The van der Waals surface area contributed by atoms with Crippen LogP contribution in [0.25, 0.3) is 0 Å². The summed E-state index contributed by atoms with van der Waals surface area (Å²) in [6.45, 7) is 1.78. The molecular formula is C11H14BrFO. The van der Waals surface area contributed by atoms with Gasteiger partial charge in [-0.2, -0.15) is 0 Å². The van der Waals surface area contributed by atoms with E-state index in [-0.39, 0.29) is 11.9 Å². The Morgan fingerprint density at radius 1 is 1.50 bits per heavy atom. The van der Waals surface area contributed by atoms with Gasteiger partial charge in [0.1, 0.15) is 5.82 Å². The van der Waals surface area contributed by atoms with Gasteiger partial charge >= 0.3 is 0 Å². The number of aliphatic hydroxyl groups is 1. The molecule has 0 spiro atoms. The van der Waals surface area contributed by atoms with Crippen LogP contribution in [0.1, 0.15) is 25.3 Å². The highest BCUT2D eigenvalue weighted by Crippen LogP contribution is 2.18. The maximum atomic E-state index is 12.9. The molecule has 1 aromatic rings. The summed E-state index contributed by atoms with van der Waals surface area (Å²) in [5, 5.41) is 9.06. The van der Waals surface area contributed by atoms with Crippen molar-refractivity contribution in [1.82, 2.24) is 0 Å². The van der Waals surface area contributed by atoms with Crippen molar-refractivity contribution in [3.63, 3.8) is 0 Å². The first-order chi connectivity index (χ1) is 6.59. The molecule has 1 aromatic carbocycles. The molecule has 0 aromatic heterocycles. The standard InChI is InChI=1S/C11H14BrFO/c1-8(14)3-2-4-9-5-6-11(13)10(12)7-9/h5-8,14H,2-4H2,1H3. The van der Waals surface area contributed by atoms with Crippen molar-refractivity contribution in [2.75, 3.05) is 0 Å². The van der Waals surface area contributed by atoms with Gasteiger partial charge in [0.05, 0.1) is 10.6 Å². The molecule has 1 unspecified atom stereocenters. The summed E-state index contributed by atoms with van der Waals surface area (Å²) >= 11 is 3.14. The van der Waals surface area contributed by atoms with E-state index >= 15 is 0 Å². The van der Waals surface area contributed by atoms with E-state index in [9.17, 15) is 4.39 Å². The van der Waals surface area contributed by atoms with Crippen molar-refractivity contribution in [1.29, 1.82) is 0 Å². The quantitative estimate of drug-likeness (QED) is 0.881. The van der Waals surface area contributed by atoms with Crippen LogP contribution in [0.4, 0.5) is 4.39 Å². The predicted octanol–water partition coefficient (Wildman–Crippen LogP) is 3.29. The zero-order valence-corrected chi connectivity index (χ0v) is 9.72. The number of aliphatic hydroxyl groups excluding tert-OH is 1. The third-order valence-corrected chi connectivity index (χ3v) is 2.68. The van der Waals surface area contributed by atoms with Crippen LogP contribution in [0.2, 0.25) is 0 Å². The van der Waals surface area contributed by atoms with E-state index in [1.807, 2.05) is 0 Å². The molecule has 3 heteroatoms. The van der Waals surface area contributed by atoms with Gasteiger partial charge in [0, 0.05) is 0 Å². The van der Waals surface area contributed by atoms with E-state index in [1.54, 1.807) is 19.1 Å². The van der Waals surface area contributed by atoms with Crippen molar-refractivity contribution in [2.24, 2.45) is 0 Å². The van der Waals surface area contributed by atoms with Gasteiger partial charge in [0.2, 0.25) is 0 Å². The number of halogens is 2. The second kappa shape index (κ2) is 5.47. The van der Waals surface area contributed by atoms with Crippen LogP contribution in [-0.4, -0.2) is 11.2 Å². The number of rotatable bonds is 4. The lowest BCUT2D eigenvalue weighted by Crippen LogP contribution is -1.99. The van der Waals surface area contributed by atoms with E-state index in [4.69, 9.17) is 5.11 Å². The molecule has 0 radical (unpaired) electrons. The smallest absolute Gasteiger partial charge is 0.137 e. The minimum atomic E-state index is -0.251. The van der Waals surface area contributed by atoms with Crippen LogP contribution in [0, 0.1) is 5.82 Å². The number of hydrogen-bond acceptors (Lipinski definition) is 1. The summed E-state index contributed by atoms with van der Waals surface area (Å²) in [6.07, 6.45) is 2.34. The van der Waals surface area contributed by atoms with Crippen LogP contribution in [-0.2, 0) is 6.42 Å². The van der Waals surface area contributed by atoms with Crippen LogP contribution in [0.5, 0.6) is 0 Å². The van der Waals surface area contributed by atoms with Crippen molar-refractivity contribution in [2.45, 2.75) is 32.3 Å². The minimum absolute atomic E-state index is 0.232. The molecule has 0 aliphatic carbocycles. The van der Waals surface area contributed by atoms with Gasteiger partial charge in [-0.1, -0.05) is 6.07 Å². The van der Waals surface area contributed by atoms with Gasteiger partial charge in [-0.15, -0.1) is 0 Å². The second-order valence-corrected chi connectivity index (χ2v) is 4.34. The summed E-state index contributed by atoms with van der Waals surface area (Å²) in [5.41, 5.74) is 1.10. The molecule has 0 saturated carbocycles. The Morgan fingerprint density at radius 3 is 2.79 bits per heavy atom. The summed E-state index contributed by atoms with van der Waals surface area (Å²) in [6, 6.07) is 5.03. The second-order valence-electron chi connectivity index (χ2n) is 3.49. The number of benzene rings is 1. The summed E-state index contributed by atoms with van der Waals surface area (Å²) in [7, 11) is 0. The van der Waals surface area contributed by atoms with Crippen LogP contribution in [0.15, 0.2) is 22.7 Å². The molecule has 78 valence electrons. The molecule has 1 nitrogen and oxygen atoms in total. The molecule has 0 saturated heterocycles. The molecule has 14 heavy (non-hydrogen) atoms. The molecule has 0 bridgehead atoms. The van der Waals surface area contributed by atoms with Gasteiger partial charge < -0.3 is 5.11 Å². The molecule has 1 atom stereocenters. The van der Waals surface area contributed by atoms with Gasteiger partial charge in [-0.25, -0.2) is 4.39 Å². The zero-order valence-electron chi connectivity index (χ0n) is 8.13. The minimum Gasteiger partial charge on any atom is -0.393 e. The summed E-state index contributed by atoms with van der Waals surface area (Å²) < 4.78 is 13.4. The Morgan fingerprint density at radius 2 is 2.21 bits per heavy atom. The molecule has 1 N–H and O–H groups in total. The first-order valence-electron chi connectivity index (χ1n) is 4.71. The third kappa shape index (κ3) is 3.76. The van der Waals surface area contributed by atoms with Gasteiger partial charge in [-0.3, -0.25) is 0 Å². The largest absolute Gasteiger partial charge is 0.393 e. The number of hydrogen-bond donors (Lipinski definition) is 1. The maximum Gasteiger partial charge on any atom is 0.137 e. The topological polar surface area (TPSA) is 20.2 Å². The van der Waals surface area contributed by atoms with Gasteiger partial charge in [-0.05, 0) is 59.8 Å². The van der Waals surface area contributed by atoms with Gasteiger partial charge in [0.15, 0.2) is 0 Å². The average Bonchev–Trinajstić information content (AvgIpc) is 2.10. The molecule has 1 rings (SSSR count). The predicted molar refractivity (Wildman–Crippen MR) is 58.7 cm³/mol. The Bertz CT molecular complexity index is 299. The fourth-order valence-corrected chi connectivity index (χ4v) is 1.72. The molecule has 0 fully saturated rings. The Labute approximate surface area is 92.1 Å². The fourth-order valence-electron chi connectivity index (χ4n) is 1.30. The van der Waals surface area contributed by atoms with Crippen LogP contribution in [0.3, 0.4) is 0 Å². The van der Waals surface area contributed by atoms with Crippen molar-refractivity contribution in [3.05, 3.63) is 34.1 Å². The van der Waals surface area contributed by atoms with Crippen molar-refractivity contribution in [3.8, 4) is 0 Å². The first-order valence-corrected chi connectivity index (χ1v) is 5.51. The molecular weight excluding hydrogens is 247 g/mol. The van der Waals surface area contributed by atoms with E-state index in [0.717, 1.165) is 24.8 Å². The van der Waals surface area contributed by atoms with Crippen LogP contribution >= 0.6 is 15.9 Å². The average molecular weight is 261 g/mol. The molecule has 0 aliphatic heterocycles.